The fourth-order valence-electron chi connectivity index (χ4n) is 1.58. The highest BCUT2D eigenvalue weighted by Gasteiger charge is 2.44. The van der Waals surface area contributed by atoms with Crippen molar-refractivity contribution in [2.45, 2.75) is 18.9 Å². The van der Waals surface area contributed by atoms with Crippen molar-refractivity contribution >= 4 is 5.78 Å². The molecule has 0 saturated heterocycles. The number of nitriles is 1. The number of hydrogen-bond acceptors (Lipinski definition) is 3. The quantitative estimate of drug-likeness (QED) is 0.669. The number of para-hydroxylation sites is 1. The first kappa shape index (κ1) is 8.76. The number of ketones is 1. The molecule has 0 aliphatic carbocycles. The minimum atomic E-state index is -1.29. The van der Waals surface area contributed by atoms with Crippen LogP contribution in [0.4, 0.5) is 0 Å². The van der Waals surface area contributed by atoms with Gasteiger partial charge in [-0.1, -0.05) is 18.2 Å². The van der Waals surface area contributed by atoms with E-state index in [0.29, 0.717) is 12.2 Å². The van der Waals surface area contributed by atoms with Crippen molar-refractivity contribution in [3.8, 4) is 11.8 Å². The maximum absolute atomic E-state index is 11.3. The molecule has 3 heteroatoms. The van der Waals surface area contributed by atoms with E-state index in [9.17, 15) is 4.79 Å². The molecule has 1 aromatic rings. The number of nitrogens with zero attached hydrogens (tertiary/aromatic N) is 1. The Morgan fingerprint density at radius 1 is 1.57 bits per heavy atom. The number of hydrogen-bond donors (Lipinski definition) is 0. The summed E-state index contributed by atoms with van der Waals surface area (Å²) in [5, 5.41) is 8.96. The fourth-order valence-corrected chi connectivity index (χ4v) is 1.58. The Balaban J connectivity index is 2.44. The maximum Gasteiger partial charge on any atom is 0.255 e. The van der Waals surface area contributed by atoms with Gasteiger partial charge in [0.2, 0.25) is 0 Å². The third-order valence-electron chi connectivity index (χ3n) is 2.45. The molecule has 0 amide bonds. The monoisotopic (exact) mass is 187 g/mol. The molecule has 14 heavy (non-hydrogen) atoms. The van der Waals surface area contributed by atoms with Gasteiger partial charge >= 0.3 is 0 Å². The van der Waals surface area contributed by atoms with Gasteiger partial charge in [0.25, 0.3) is 5.60 Å². The van der Waals surface area contributed by atoms with Crippen LogP contribution < -0.4 is 4.74 Å². The Kier molecular flexibility index (Phi) is 1.78. The second kappa shape index (κ2) is 2.85. The normalized spacial score (nSPS) is 23.4. The SMILES string of the molecule is CC(=O)C1(C#N)Cc2ccccc2O1. The van der Waals surface area contributed by atoms with Gasteiger partial charge in [-0.25, -0.2) is 0 Å². The summed E-state index contributed by atoms with van der Waals surface area (Å²) in [6.07, 6.45) is 0.356. The lowest BCUT2D eigenvalue weighted by Gasteiger charge is -2.16. The molecule has 1 unspecified atom stereocenters. The molecule has 0 bridgehead atoms. The van der Waals surface area contributed by atoms with Crippen LogP contribution in [0.15, 0.2) is 24.3 Å². The number of fused-ring (bicyclic) bond motifs is 1. The zero-order valence-electron chi connectivity index (χ0n) is 7.78. The molecular weight excluding hydrogens is 178 g/mol. The summed E-state index contributed by atoms with van der Waals surface area (Å²) >= 11 is 0. The number of carbonyl (C=O) groups is 1. The summed E-state index contributed by atoms with van der Waals surface area (Å²) in [6.45, 7) is 1.38. The Hall–Kier alpha value is -1.82. The summed E-state index contributed by atoms with van der Waals surface area (Å²) in [5.41, 5.74) is -0.367. The molecule has 1 aliphatic heterocycles. The number of Topliss-reactive ketones (excluding diaryl/α,β-unsaturated/α-hetero) is 1. The highest BCUT2D eigenvalue weighted by Crippen LogP contribution is 2.34. The molecule has 0 saturated carbocycles. The molecule has 3 nitrogen and oxygen atoms in total. The average molecular weight is 187 g/mol. The highest BCUT2D eigenvalue weighted by molar-refractivity contribution is 5.90. The van der Waals surface area contributed by atoms with Gasteiger partial charge in [0.1, 0.15) is 11.8 Å². The summed E-state index contributed by atoms with van der Waals surface area (Å²) in [6, 6.07) is 9.30. The van der Waals surface area contributed by atoms with E-state index in [1.54, 1.807) is 6.07 Å². The van der Waals surface area contributed by atoms with E-state index < -0.39 is 5.60 Å². The second-order valence-corrected chi connectivity index (χ2v) is 3.38. The van der Waals surface area contributed by atoms with Crippen LogP contribution >= 0.6 is 0 Å². The van der Waals surface area contributed by atoms with Gasteiger partial charge in [0, 0.05) is 6.42 Å². The van der Waals surface area contributed by atoms with Crippen LogP contribution in [0.1, 0.15) is 12.5 Å². The van der Waals surface area contributed by atoms with E-state index in [2.05, 4.69) is 0 Å². The third kappa shape index (κ3) is 1.08. The minimum absolute atomic E-state index is 0.240. The van der Waals surface area contributed by atoms with Crippen LogP contribution in [-0.4, -0.2) is 11.4 Å². The molecular formula is C11H9NO2. The Bertz CT molecular complexity index is 406. The van der Waals surface area contributed by atoms with Gasteiger partial charge in [-0.2, -0.15) is 5.26 Å². The third-order valence-corrected chi connectivity index (χ3v) is 2.45. The first-order valence-electron chi connectivity index (χ1n) is 4.37. The maximum atomic E-state index is 11.3. The molecule has 70 valence electrons. The first-order valence-corrected chi connectivity index (χ1v) is 4.37. The van der Waals surface area contributed by atoms with Crippen LogP contribution in [0.25, 0.3) is 0 Å². The number of ether oxygens (including phenoxy) is 1. The highest BCUT2D eigenvalue weighted by atomic mass is 16.5. The van der Waals surface area contributed by atoms with Gasteiger partial charge in [0.15, 0.2) is 5.78 Å². The lowest BCUT2D eigenvalue weighted by molar-refractivity contribution is -0.126. The summed E-state index contributed by atoms with van der Waals surface area (Å²) in [7, 11) is 0. The van der Waals surface area contributed by atoms with E-state index in [1.807, 2.05) is 24.3 Å². The van der Waals surface area contributed by atoms with Crippen LogP contribution in [-0.2, 0) is 11.2 Å². The van der Waals surface area contributed by atoms with Crippen LogP contribution in [0.2, 0.25) is 0 Å². The molecule has 0 radical (unpaired) electrons. The van der Waals surface area contributed by atoms with Crippen molar-refractivity contribution in [3.63, 3.8) is 0 Å². The van der Waals surface area contributed by atoms with Crippen molar-refractivity contribution in [2.24, 2.45) is 0 Å². The van der Waals surface area contributed by atoms with Gasteiger partial charge in [-0.15, -0.1) is 0 Å². The number of carbonyl (C=O) groups excluding carboxylic acids is 1. The molecule has 0 aromatic heterocycles. The predicted octanol–water partition coefficient (Wildman–Crippen LogP) is 1.47. The summed E-state index contributed by atoms with van der Waals surface area (Å²) in [4.78, 5) is 11.3. The zero-order valence-corrected chi connectivity index (χ0v) is 7.78. The van der Waals surface area contributed by atoms with E-state index >= 15 is 0 Å². The van der Waals surface area contributed by atoms with Crippen LogP contribution in [0.3, 0.4) is 0 Å². The van der Waals surface area contributed by atoms with E-state index in [1.165, 1.54) is 6.92 Å². The van der Waals surface area contributed by atoms with E-state index in [4.69, 9.17) is 10.00 Å². The van der Waals surface area contributed by atoms with E-state index in [-0.39, 0.29) is 5.78 Å². The second-order valence-electron chi connectivity index (χ2n) is 3.38. The van der Waals surface area contributed by atoms with Gasteiger partial charge in [0.05, 0.1) is 0 Å². The molecule has 2 rings (SSSR count). The van der Waals surface area contributed by atoms with Crippen LogP contribution in [0, 0.1) is 11.3 Å². The Labute approximate surface area is 81.9 Å². The largest absolute Gasteiger partial charge is 0.464 e. The molecule has 1 atom stereocenters. The van der Waals surface area contributed by atoms with Crippen molar-refractivity contribution in [1.82, 2.24) is 0 Å². The van der Waals surface area contributed by atoms with Gasteiger partial charge in [-0.05, 0) is 18.6 Å². The van der Waals surface area contributed by atoms with Gasteiger partial charge < -0.3 is 4.74 Å². The van der Waals surface area contributed by atoms with Crippen molar-refractivity contribution < 1.29 is 9.53 Å². The fraction of sp³-hybridized carbons (Fsp3) is 0.273. The molecule has 0 spiro atoms. The van der Waals surface area contributed by atoms with Crippen LogP contribution in [0.5, 0.6) is 5.75 Å². The zero-order chi connectivity index (χ0) is 10.2. The van der Waals surface area contributed by atoms with E-state index in [0.717, 1.165) is 5.56 Å². The molecule has 1 heterocycles. The molecule has 0 fully saturated rings. The van der Waals surface area contributed by atoms with Crippen molar-refractivity contribution in [2.75, 3.05) is 0 Å². The Morgan fingerprint density at radius 2 is 2.29 bits per heavy atom. The molecule has 1 aromatic carbocycles. The Morgan fingerprint density at radius 3 is 2.86 bits per heavy atom. The minimum Gasteiger partial charge on any atom is -0.464 e. The summed E-state index contributed by atoms with van der Waals surface area (Å²) in [5.74, 6) is 0.403. The number of rotatable bonds is 1. The summed E-state index contributed by atoms with van der Waals surface area (Å²) < 4.78 is 5.39. The molecule has 0 N–H and O–H groups in total. The molecule has 1 aliphatic rings. The lowest BCUT2D eigenvalue weighted by atomic mass is 9.95. The average Bonchev–Trinajstić information content (AvgIpc) is 2.57. The topological polar surface area (TPSA) is 50.1 Å². The van der Waals surface area contributed by atoms with Crippen molar-refractivity contribution in [1.29, 1.82) is 5.26 Å². The number of benzene rings is 1. The van der Waals surface area contributed by atoms with Crippen molar-refractivity contribution in [3.05, 3.63) is 29.8 Å². The first-order chi connectivity index (χ1) is 6.68. The lowest BCUT2D eigenvalue weighted by Crippen LogP contribution is -2.40. The smallest absolute Gasteiger partial charge is 0.255 e. The predicted molar refractivity (Wildman–Crippen MR) is 49.8 cm³/mol. The van der Waals surface area contributed by atoms with Gasteiger partial charge in [-0.3, -0.25) is 4.79 Å². The standard InChI is InChI=1S/C11H9NO2/c1-8(13)11(7-12)6-9-4-2-3-5-10(9)14-11/h2-5H,6H2,1H3.